The van der Waals surface area contributed by atoms with Gasteiger partial charge in [0.05, 0.1) is 24.2 Å². The average molecular weight is 425 g/mol. The standard InChI is InChI=1S/C25H23N5O2/c1-15-5-4-6-17(11-15)22-23(27-10-9-26-22)25(31)30-14-16(2)12-21(30)24-28-19-8-7-18(32-3)13-20(19)29-24/h4-11,13,21H,2,12,14H2,1,3H3,(H,28,29). The molecule has 1 aliphatic heterocycles. The van der Waals surface area contributed by atoms with E-state index in [1.807, 2.05) is 49.4 Å². The summed E-state index contributed by atoms with van der Waals surface area (Å²) in [6.45, 7) is 6.60. The number of carbonyl (C=O) groups excluding carboxylic acids is 1. The summed E-state index contributed by atoms with van der Waals surface area (Å²) in [6, 6.07) is 13.4. The third-order valence-corrected chi connectivity index (χ3v) is 5.73. The van der Waals surface area contributed by atoms with E-state index in [2.05, 4.69) is 21.5 Å². The molecular weight excluding hydrogens is 402 g/mol. The number of amides is 1. The summed E-state index contributed by atoms with van der Waals surface area (Å²) < 4.78 is 5.31. The van der Waals surface area contributed by atoms with Gasteiger partial charge in [-0.15, -0.1) is 0 Å². The highest BCUT2D eigenvalue weighted by molar-refractivity contribution is 5.98. The first-order valence-electron chi connectivity index (χ1n) is 10.4. The zero-order chi connectivity index (χ0) is 22.2. The molecule has 0 radical (unpaired) electrons. The normalized spacial score (nSPS) is 16.0. The number of benzene rings is 2. The van der Waals surface area contributed by atoms with E-state index in [-0.39, 0.29) is 11.9 Å². The molecule has 7 heteroatoms. The van der Waals surface area contributed by atoms with Crippen molar-refractivity contribution in [2.24, 2.45) is 0 Å². The zero-order valence-corrected chi connectivity index (χ0v) is 18.0. The highest BCUT2D eigenvalue weighted by atomic mass is 16.5. The molecule has 5 rings (SSSR count). The lowest BCUT2D eigenvalue weighted by atomic mass is 10.1. The highest BCUT2D eigenvalue weighted by Gasteiger charge is 2.36. The Hall–Kier alpha value is -4.00. The summed E-state index contributed by atoms with van der Waals surface area (Å²) in [5.41, 5.74) is 5.53. The lowest BCUT2D eigenvalue weighted by Crippen LogP contribution is -2.32. The Labute approximate surface area is 185 Å². The van der Waals surface area contributed by atoms with Crippen molar-refractivity contribution in [2.75, 3.05) is 13.7 Å². The molecule has 0 spiro atoms. The Morgan fingerprint density at radius 1 is 1.19 bits per heavy atom. The molecule has 1 unspecified atom stereocenters. The minimum absolute atomic E-state index is 0.184. The molecule has 1 amide bonds. The molecule has 2 aromatic carbocycles. The van der Waals surface area contributed by atoms with Crippen LogP contribution in [-0.4, -0.2) is 44.4 Å². The van der Waals surface area contributed by atoms with Crippen molar-refractivity contribution in [2.45, 2.75) is 19.4 Å². The molecule has 1 N–H and O–H groups in total. The number of methoxy groups -OCH3 is 1. The van der Waals surface area contributed by atoms with Gasteiger partial charge in [0.25, 0.3) is 5.91 Å². The Kier molecular flexibility index (Phi) is 4.93. The fourth-order valence-electron chi connectivity index (χ4n) is 4.18. The third kappa shape index (κ3) is 3.51. The van der Waals surface area contributed by atoms with Gasteiger partial charge in [0.2, 0.25) is 0 Å². The van der Waals surface area contributed by atoms with Crippen molar-refractivity contribution in [3.8, 4) is 17.0 Å². The van der Waals surface area contributed by atoms with E-state index in [1.165, 1.54) is 0 Å². The Bertz CT molecular complexity index is 1340. The predicted octanol–water partition coefficient (Wildman–Crippen LogP) is 4.48. The fraction of sp³-hybridized carbons (Fsp3) is 0.200. The number of nitrogens with zero attached hydrogens (tertiary/aromatic N) is 4. The summed E-state index contributed by atoms with van der Waals surface area (Å²) in [6.07, 6.45) is 3.81. The van der Waals surface area contributed by atoms with Gasteiger partial charge in [-0.3, -0.25) is 9.78 Å². The number of aromatic amines is 1. The molecule has 1 fully saturated rings. The van der Waals surface area contributed by atoms with Crippen LogP contribution in [0.2, 0.25) is 0 Å². The number of nitrogens with one attached hydrogen (secondary N) is 1. The number of rotatable bonds is 4. The van der Waals surface area contributed by atoms with Crippen LogP contribution in [0, 0.1) is 6.92 Å². The molecule has 0 aliphatic carbocycles. The highest BCUT2D eigenvalue weighted by Crippen LogP contribution is 2.36. The van der Waals surface area contributed by atoms with E-state index < -0.39 is 0 Å². The van der Waals surface area contributed by atoms with Crippen LogP contribution in [0.4, 0.5) is 0 Å². The van der Waals surface area contributed by atoms with Crippen molar-refractivity contribution in [1.29, 1.82) is 0 Å². The van der Waals surface area contributed by atoms with Gasteiger partial charge in [-0.25, -0.2) is 9.97 Å². The van der Waals surface area contributed by atoms with Gasteiger partial charge >= 0.3 is 0 Å². The Balaban J connectivity index is 1.53. The first kappa shape index (κ1) is 19.9. The van der Waals surface area contributed by atoms with Gasteiger partial charge in [-0.2, -0.15) is 0 Å². The quantitative estimate of drug-likeness (QED) is 0.488. The third-order valence-electron chi connectivity index (χ3n) is 5.73. The molecule has 1 aliphatic rings. The van der Waals surface area contributed by atoms with E-state index in [4.69, 9.17) is 9.72 Å². The zero-order valence-electron chi connectivity index (χ0n) is 18.0. The van der Waals surface area contributed by atoms with Crippen molar-refractivity contribution < 1.29 is 9.53 Å². The Morgan fingerprint density at radius 3 is 2.84 bits per heavy atom. The van der Waals surface area contributed by atoms with Crippen LogP contribution in [0.3, 0.4) is 0 Å². The number of aromatic nitrogens is 4. The number of ether oxygens (including phenoxy) is 1. The van der Waals surface area contributed by atoms with Gasteiger partial charge in [-0.1, -0.05) is 35.9 Å². The van der Waals surface area contributed by atoms with E-state index >= 15 is 0 Å². The number of aryl methyl sites for hydroxylation is 1. The van der Waals surface area contributed by atoms with E-state index in [0.29, 0.717) is 24.4 Å². The van der Waals surface area contributed by atoms with Crippen molar-refractivity contribution >= 4 is 16.9 Å². The van der Waals surface area contributed by atoms with E-state index in [1.54, 1.807) is 24.4 Å². The lowest BCUT2D eigenvalue weighted by molar-refractivity contribution is 0.0727. The SMILES string of the molecule is C=C1CC(c2nc3ccc(OC)cc3[nH]2)N(C(=O)c2nccnc2-c2cccc(C)c2)C1. The second kappa shape index (κ2) is 7.92. The number of imidazole rings is 1. The molecule has 2 aromatic heterocycles. The summed E-state index contributed by atoms with van der Waals surface area (Å²) in [4.78, 5) is 32.5. The molecule has 3 heterocycles. The maximum atomic E-state index is 13.7. The number of hydrogen-bond acceptors (Lipinski definition) is 5. The second-order valence-electron chi connectivity index (χ2n) is 8.03. The summed E-state index contributed by atoms with van der Waals surface area (Å²) >= 11 is 0. The molecule has 1 saturated heterocycles. The largest absolute Gasteiger partial charge is 0.497 e. The van der Waals surface area contributed by atoms with Crippen LogP contribution >= 0.6 is 0 Å². The molecular formula is C25H23N5O2. The molecule has 0 bridgehead atoms. The minimum atomic E-state index is -0.249. The topological polar surface area (TPSA) is 84.0 Å². The predicted molar refractivity (Wildman–Crippen MR) is 122 cm³/mol. The smallest absolute Gasteiger partial charge is 0.275 e. The van der Waals surface area contributed by atoms with E-state index in [0.717, 1.165) is 39.3 Å². The van der Waals surface area contributed by atoms with Crippen LogP contribution in [-0.2, 0) is 0 Å². The minimum Gasteiger partial charge on any atom is -0.497 e. The van der Waals surface area contributed by atoms with Crippen molar-refractivity contribution in [3.63, 3.8) is 0 Å². The number of H-pyrrole nitrogens is 1. The van der Waals surface area contributed by atoms with Crippen LogP contribution in [0.25, 0.3) is 22.3 Å². The number of hydrogen-bond donors (Lipinski definition) is 1. The van der Waals surface area contributed by atoms with Crippen molar-refractivity contribution in [1.82, 2.24) is 24.8 Å². The number of carbonyl (C=O) groups is 1. The molecule has 1 atom stereocenters. The lowest BCUT2D eigenvalue weighted by Gasteiger charge is -2.23. The van der Waals surface area contributed by atoms with Gasteiger partial charge in [0, 0.05) is 30.6 Å². The van der Waals surface area contributed by atoms with Crippen molar-refractivity contribution in [3.05, 3.63) is 84.1 Å². The van der Waals surface area contributed by atoms with Crippen LogP contribution in [0.15, 0.2) is 67.0 Å². The molecule has 0 saturated carbocycles. The van der Waals surface area contributed by atoms with Gasteiger partial charge < -0.3 is 14.6 Å². The molecule has 7 nitrogen and oxygen atoms in total. The molecule has 32 heavy (non-hydrogen) atoms. The first-order chi connectivity index (χ1) is 15.5. The van der Waals surface area contributed by atoms with E-state index in [9.17, 15) is 4.79 Å². The van der Waals surface area contributed by atoms with Crippen LogP contribution in [0.5, 0.6) is 5.75 Å². The Morgan fingerprint density at radius 2 is 2.03 bits per heavy atom. The van der Waals surface area contributed by atoms with Gasteiger partial charge in [-0.05, 0) is 31.5 Å². The van der Waals surface area contributed by atoms with Crippen LogP contribution < -0.4 is 4.74 Å². The maximum absolute atomic E-state index is 13.7. The fourth-order valence-corrected chi connectivity index (χ4v) is 4.18. The summed E-state index contributed by atoms with van der Waals surface area (Å²) in [5.74, 6) is 1.29. The second-order valence-corrected chi connectivity index (χ2v) is 8.03. The molecule has 4 aromatic rings. The monoisotopic (exact) mass is 425 g/mol. The number of likely N-dealkylation sites (tertiary alicyclic amines) is 1. The van der Waals surface area contributed by atoms with Gasteiger partial charge in [0.15, 0.2) is 5.69 Å². The maximum Gasteiger partial charge on any atom is 0.275 e. The first-order valence-corrected chi connectivity index (χ1v) is 10.4. The number of fused-ring (bicyclic) bond motifs is 1. The van der Waals surface area contributed by atoms with Gasteiger partial charge in [0.1, 0.15) is 17.3 Å². The average Bonchev–Trinajstić information content (AvgIpc) is 3.41. The summed E-state index contributed by atoms with van der Waals surface area (Å²) in [7, 11) is 1.63. The summed E-state index contributed by atoms with van der Waals surface area (Å²) in [5, 5.41) is 0. The molecule has 160 valence electrons. The van der Waals surface area contributed by atoms with Crippen LogP contribution in [0.1, 0.15) is 34.3 Å².